The molecule has 0 aliphatic rings. The summed E-state index contributed by atoms with van der Waals surface area (Å²) in [6.45, 7) is 4.27. The molecule has 0 aliphatic heterocycles. The molecule has 0 saturated heterocycles. The van der Waals surface area contributed by atoms with Crippen molar-refractivity contribution in [3.8, 4) is 5.75 Å². The predicted octanol–water partition coefficient (Wildman–Crippen LogP) is 2.39. The van der Waals surface area contributed by atoms with E-state index < -0.39 is 0 Å². The van der Waals surface area contributed by atoms with Crippen LogP contribution in [0.3, 0.4) is 0 Å². The molecule has 0 unspecified atom stereocenters. The first-order valence-electron chi connectivity index (χ1n) is 7.87. The van der Waals surface area contributed by atoms with Gasteiger partial charge in [-0.3, -0.25) is 4.98 Å². The van der Waals surface area contributed by atoms with Gasteiger partial charge >= 0.3 is 0 Å². The molecule has 0 fully saturated rings. The summed E-state index contributed by atoms with van der Waals surface area (Å²) < 4.78 is 5.17. The van der Waals surface area contributed by atoms with E-state index in [9.17, 15) is 0 Å². The maximum Gasteiger partial charge on any atom is 0.191 e. The zero-order valence-electron chi connectivity index (χ0n) is 13.7. The van der Waals surface area contributed by atoms with Gasteiger partial charge in [0.1, 0.15) is 5.75 Å². The van der Waals surface area contributed by atoms with Crippen molar-refractivity contribution in [3.05, 3.63) is 59.9 Å². The van der Waals surface area contributed by atoms with Gasteiger partial charge in [0.15, 0.2) is 5.96 Å². The first-order chi connectivity index (χ1) is 11.3. The van der Waals surface area contributed by atoms with Crippen LogP contribution in [0, 0.1) is 0 Å². The lowest BCUT2D eigenvalue weighted by atomic mass is 10.1. The molecule has 0 atom stereocenters. The van der Waals surface area contributed by atoms with Crippen LogP contribution in [0.1, 0.15) is 18.2 Å². The van der Waals surface area contributed by atoms with Crippen molar-refractivity contribution in [3.63, 3.8) is 0 Å². The van der Waals surface area contributed by atoms with E-state index in [0.717, 1.165) is 36.9 Å². The number of guanidine groups is 1. The van der Waals surface area contributed by atoms with Crippen molar-refractivity contribution < 1.29 is 4.74 Å². The number of nitrogens with zero attached hydrogens (tertiary/aromatic N) is 2. The summed E-state index contributed by atoms with van der Waals surface area (Å²) in [5.41, 5.74) is 2.22. The minimum atomic E-state index is 0.568. The van der Waals surface area contributed by atoms with Crippen molar-refractivity contribution in [2.24, 2.45) is 4.99 Å². The normalized spacial score (nSPS) is 11.1. The lowest BCUT2D eigenvalue weighted by Crippen LogP contribution is -2.38. The lowest BCUT2D eigenvalue weighted by Gasteiger charge is -2.11. The topological polar surface area (TPSA) is 58.5 Å². The van der Waals surface area contributed by atoms with Gasteiger partial charge in [-0.1, -0.05) is 18.2 Å². The second kappa shape index (κ2) is 9.46. The summed E-state index contributed by atoms with van der Waals surface area (Å²) in [6.07, 6.45) is 2.72. The van der Waals surface area contributed by atoms with Crippen molar-refractivity contribution in [1.82, 2.24) is 15.6 Å². The van der Waals surface area contributed by atoms with Crippen molar-refractivity contribution >= 4 is 5.96 Å². The van der Waals surface area contributed by atoms with Crippen LogP contribution in [0.4, 0.5) is 0 Å². The first-order valence-corrected chi connectivity index (χ1v) is 7.87. The first kappa shape index (κ1) is 16.8. The summed E-state index contributed by atoms with van der Waals surface area (Å²) in [7, 11) is 1.68. The molecule has 2 aromatic rings. The zero-order valence-corrected chi connectivity index (χ0v) is 13.7. The molecule has 23 heavy (non-hydrogen) atoms. The number of methoxy groups -OCH3 is 1. The van der Waals surface area contributed by atoms with Gasteiger partial charge in [0.25, 0.3) is 0 Å². The van der Waals surface area contributed by atoms with Crippen LogP contribution in [-0.2, 0) is 13.0 Å². The Morgan fingerprint density at radius 2 is 1.96 bits per heavy atom. The minimum Gasteiger partial charge on any atom is -0.497 e. The van der Waals surface area contributed by atoms with Crippen LogP contribution in [0.2, 0.25) is 0 Å². The van der Waals surface area contributed by atoms with Gasteiger partial charge in [-0.05, 0) is 43.2 Å². The highest BCUT2D eigenvalue weighted by Crippen LogP contribution is 2.11. The summed E-state index contributed by atoms with van der Waals surface area (Å²) in [4.78, 5) is 8.83. The van der Waals surface area contributed by atoms with Gasteiger partial charge in [0, 0.05) is 19.3 Å². The van der Waals surface area contributed by atoms with Crippen LogP contribution in [0.15, 0.2) is 53.7 Å². The minimum absolute atomic E-state index is 0.568. The predicted molar refractivity (Wildman–Crippen MR) is 93.8 cm³/mol. The van der Waals surface area contributed by atoms with Gasteiger partial charge in [0.2, 0.25) is 0 Å². The molecular weight excluding hydrogens is 288 g/mol. The summed E-state index contributed by atoms with van der Waals surface area (Å²) in [5, 5.41) is 6.60. The Morgan fingerprint density at radius 1 is 1.13 bits per heavy atom. The number of pyridine rings is 1. The van der Waals surface area contributed by atoms with E-state index in [2.05, 4.69) is 39.7 Å². The smallest absolute Gasteiger partial charge is 0.191 e. The Balaban J connectivity index is 1.83. The maximum absolute atomic E-state index is 5.17. The molecule has 0 bridgehead atoms. The van der Waals surface area contributed by atoms with E-state index in [1.165, 1.54) is 5.56 Å². The zero-order chi connectivity index (χ0) is 16.3. The third-order valence-electron chi connectivity index (χ3n) is 3.33. The Labute approximate surface area is 137 Å². The fourth-order valence-electron chi connectivity index (χ4n) is 2.11. The quantitative estimate of drug-likeness (QED) is 0.609. The van der Waals surface area contributed by atoms with E-state index in [-0.39, 0.29) is 0 Å². The third kappa shape index (κ3) is 5.98. The van der Waals surface area contributed by atoms with Crippen LogP contribution in [-0.4, -0.2) is 31.1 Å². The highest BCUT2D eigenvalue weighted by Gasteiger charge is 1.99. The monoisotopic (exact) mass is 312 g/mol. The molecule has 122 valence electrons. The average molecular weight is 312 g/mol. The molecule has 0 radical (unpaired) electrons. The highest BCUT2D eigenvalue weighted by atomic mass is 16.5. The van der Waals surface area contributed by atoms with Gasteiger partial charge in [-0.2, -0.15) is 0 Å². The number of ether oxygens (including phenoxy) is 1. The fraction of sp³-hybridized carbons (Fsp3) is 0.333. The lowest BCUT2D eigenvalue weighted by molar-refractivity contribution is 0.414. The second-order valence-electron chi connectivity index (χ2n) is 5.04. The number of hydrogen-bond acceptors (Lipinski definition) is 3. The maximum atomic E-state index is 5.17. The highest BCUT2D eigenvalue weighted by molar-refractivity contribution is 5.79. The van der Waals surface area contributed by atoms with E-state index in [1.54, 1.807) is 13.3 Å². The molecule has 0 spiro atoms. The number of nitrogens with one attached hydrogen (secondary N) is 2. The van der Waals surface area contributed by atoms with E-state index in [0.29, 0.717) is 6.54 Å². The van der Waals surface area contributed by atoms with Crippen molar-refractivity contribution in [2.45, 2.75) is 19.9 Å². The average Bonchev–Trinajstić information content (AvgIpc) is 2.61. The van der Waals surface area contributed by atoms with E-state index >= 15 is 0 Å². The number of rotatable bonds is 7. The van der Waals surface area contributed by atoms with Crippen LogP contribution in [0.5, 0.6) is 5.75 Å². The number of hydrogen-bond donors (Lipinski definition) is 2. The molecular formula is C18H24N4O. The third-order valence-corrected chi connectivity index (χ3v) is 3.33. The van der Waals surface area contributed by atoms with Crippen molar-refractivity contribution in [2.75, 3.05) is 20.2 Å². The summed E-state index contributed by atoms with van der Waals surface area (Å²) in [5.74, 6) is 1.69. The Bertz CT molecular complexity index is 596. The second-order valence-corrected chi connectivity index (χ2v) is 5.04. The molecule has 1 aromatic carbocycles. The molecule has 1 heterocycles. The van der Waals surface area contributed by atoms with Gasteiger partial charge in [-0.15, -0.1) is 0 Å². The molecule has 0 saturated carbocycles. The van der Waals surface area contributed by atoms with Crippen molar-refractivity contribution in [1.29, 1.82) is 0 Å². The van der Waals surface area contributed by atoms with E-state index in [1.807, 2.05) is 30.3 Å². The largest absolute Gasteiger partial charge is 0.497 e. The Hall–Kier alpha value is -2.56. The molecule has 0 amide bonds. The fourth-order valence-corrected chi connectivity index (χ4v) is 2.11. The van der Waals surface area contributed by atoms with E-state index in [4.69, 9.17) is 4.74 Å². The van der Waals surface area contributed by atoms with Crippen LogP contribution >= 0.6 is 0 Å². The Kier molecular flexibility index (Phi) is 6.91. The standard InChI is InChI=1S/C18H24N4O/c1-3-19-18(22-14-16-6-4-5-12-20-16)21-13-11-15-7-9-17(23-2)10-8-15/h4-10,12H,3,11,13-14H2,1-2H3,(H2,19,21,22). The van der Waals surface area contributed by atoms with Gasteiger partial charge in [0.05, 0.1) is 19.3 Å². The SMILES string of the molecule is CCNC(=NCc1ccccn1)NCCc1ccc(OC)cc1. The Morgan fingerprint density at radius 3 is 2.61 bits per heavy atom. The van der Waals surface area contributed by atoms with Gasteiger partial charge < -0.3 is 15.4 Å². The molecule has 2 N–H and O–H groups in total. The molecule has 1 aromatic heterocycles. The van der Waals surface area contributed by atoms with Crippen LogP contribution in [0.25, 0.3) is 0 Å². The number of benzene rings is 1. The molecule has 5 heteroatoms. The number of aromatic nitrogens is 1. The molecule has 0 aliphatic carbocycles. The van der Waals surface area contributed by atoms with Crippen LogP contribution < -0.4 is 15.4 Å². The summed E-state index contributed by atoms with van der Waals surface area (Å²) >= 11 is 0. The molecule has 5 nitrogen and oxygen atoms in total. The van der Waals surface area contributed by atoms with Gasteiger partial charge in [-0.25, -0.2) is 4.99 Å². The molecule has 2 rings (SSSR count). The summed E-state index contributed by atoms with van der Waals surface area (Å²) in [6, 6.07) is 14.0. The number of aliphatic imine (C=N–C) groups is 1.